The summed E-state index contributed by atoms with van der Waals surface area (Å²) in [6.45, 7) is 6.09. The van der Waals surface area contributed by atoms with Gasteiger partial charge < -0.3 is 15.1 Å². The Morgan fingerprint density at radius 3 is 2.24 bits per heavy atom. The number of carbonyl (C=O) groups is 1. The first-order chi connectivity index (χ1) is 8.33. The van der Waals surface area contributed by atoms with Gasteiger partial charge in [0.2, 0.25) is 0 Å². The molecule has 1 N–H and O–H groups in total. The molecule has 2 amide bonds. The molecule has 0 aliphatic carbocycles. The first-order valence-corrected chi connectivity index (χ1v) is 7.07. The van der Waals surface area contributed by atoms with E-state index < -0.39 is 0 Å². The van der Waals surface area contributed by atoms with Gasteiger partial charge in [-0.05, 0) is 50.6 Å². The van der Waals surface area contributed by atoms with Crippen molar-refractivity contribution in [2.45, 2.75) is 25.7 Å². The van der Waals surface area contributed by atoms with Crippen LogP contribution in [0, 0.1) is 11.8 Å². The second-order valence-electron chi connectivity index (χ2n) is 5.86. The molecule has 0 radical (unpaired) electrons. The summed E-state index contributed by atoms with van der Waals surface area (Å²) in [6, 6.07) is 0.307. The number of piperidine rings is 3. The highest BCUT2D eigenvalue weighted by Crippen LogP contribution is 2.25. The van der Waals surface area contributed by atoms with Gasteiger partial charge in [-0.25, -0.2) is 4.79 Å². The lowest BCUT2D eigenvalue weighted by Gasteiger charge is -2.43. The number of hydrogen-bond acceptors (Lipinski definition) is 2. The minimum absolute atomic E-state index is 0.307. The zero-order valence-corrected chi connectivity index (χ0v) is 10.5. The zero-order valence-electron chi connectivity index (χ0n) is 10.5. The maximum atomic E-state index is 12.4. The van der Waals surface area contributed by atoms with Crippen molar-refractivity contribution in [1.29, 1.82) is 0 Å². The highest BCUT2D eigenvalue weighted by atomic mass is 16.2. The lowest BCUT2D eigenvalue weighted by atomic mass is 9.86. The van der Waals surface area contributed by atoms with Crippen LogP contribution in [-0.4, -0.2) is 55.1 Å². The third-order valence-electron chi connectivity index (χ3n) is 4.39. The monoisotopic (exact) mass is 237 g/mol. The van der Waals surface area contributed by atoms with Crippen LogP contribution in [0.15, 0.2) is 0 Å². The van der Waals surface area contributed by atoms with Gasteiger partial charge in [0.05, 0.1) is 0 Å². The number of amides is 2. The minimum Gasteiger partial charge on any atom is -0.325 e. The second kappa shape index (κ2) is 4.84. The van der Waals surface area contributed by atoms with Crippen LogP contribution in [0.2, 0.25) is 0 Å². The first-order valence-electron chi connectivity index (χ1n) is 7.07. The van der Waals surface area contributed by atoms with E-state index in [0.29, 0.717) is 17.9 Å². The van der Waals surface area contributed by atoms with Gasteiger partial charge in [0.1, 0.15) is 0 Å². The lowest BCUT2D eigenvalue weighted by molar-refractivity contribution is 0.0861. The summed E-state index contributed by atoms with van der Waals surface area (Å²) in [7, 11) is 0. The van der Waals surface area contributed by atoms with Gasteiger partial charge in [0.25, 0.3) is 0 Å². The fraction of sp³-hybridized carbons (Fsp3) is 0.923. The number of nitrogens with zero attached hydrogens (tertiary/aromatic N) is 2. The van der Waals surface area contributed by atoms with Gasteiger partial charge in [0, 0.05) is 26.2 Å². The van der Waals surface area contributed by atoms with Gasteiger partial charge in [-0.2, -0.15) is 0 Å². The Kier molecular flexibility index (Phi) is 3.23. The van der Waals surface area contributed by atoms with Crippen molar-refractivity contribution in [3.05, 3.63) is 0 Å². The van der Waals surface area contributed by atoms with Crippen molar-refractivity contribution in [3.63, 3.8) is 0 Å². The highest BCUT2D eigenvalue weighted by molar-refractivity contribution is 5.74. The molecule has 4 nitrogen and oxygen atoms in total. The normalized spacial score (nSPS) is 33.6. The highest BCUT2D eigenvalue weighted by Gasteiger charge is 2.34. The van der Waals surface area contributed by atoms with Crippen molar-refractivity contribution < 1.29 is 4.79 Å². The molecule has 4 heteroatoms. The van der Waals surface area contributed by atoms with Crippen LogP contribution < -0.4 is 5.32 Å². The summed E-state index contributed by atoms with van der Waals surface area (Å²) in [6.07, 6.45) is 4.98. The number of rotatable bonds is 0. The molecule has 2 bridgehead atoms. The predicted molar refractivity (Wildman–Crippen MR) is 66.9 cm³/mol. The fourth-order valence-electron chi connectivity index (χ4n) is 3.55. The molecular formula is C13H23N3O. The van der Waals surface area contributed by atoms with E-state index in [1.54, 1.807) is 0 Å². The molecule has 0 aromatic carbocycles. The van der Waals surface area contributed by atoms with Crippen LogP contribution in [0.4, 0.5) is 4.79 Å². The molecule has 0 spiro atoms. The van der Waals surface area contributed by atoms with Crippen LogP contribution in [0.1, 0.15) is 25.7 Å². The summed E-state index contributed by atoms with van der Waals surface area (Å²) in [5, 5.41) is 3.47. The van der Waals surface area contributed by atoms with Gasteiger partial charge in [-0.1, -0.05) is 0 Å². The summed E-state index contributed by atoms with van der Waals surface area (Å²) < 4.78 is 0. The summed E-state index contributed by atoms with van der Waals surface area (Å²) >= 11 is 0. The molecule has 2 atom stereocenters. The Labute approximate surface area is 103 Å². The van der Waals surface area contributed by atoms with Crippen LogP contribution in [-0.2, 0) is 0 Å². The van der Waals surface area contributed by atoms with E-state index in [0.717, 1.165) is 39.3 Å². The van der Waals surface area contributed by atoms with Crippen molar-refractivity contribution in [1.82, 2.24) is 15.1 Å². The van der Waals surface area contributed by atoms with E-state index in [2.05, 4.69) is 15.1 Å². The first kappa shape index (κ1) is 11.3. The number of fused-ring (bicyclic) bond motifs is 2. The Hall–Kier alpha value is -0.770. The van der Waals surface area contributed by atoms with E-state index >= 15 is 0 Å². The molecule has 0 saturated carbocycles. The molecule has 3 fully saturated rings. The van der Waals surface area contributed by atoms with Crippen LogP contribution in [0.25, 0.3) is 0 Å². The van der Waals surface area contributed by atoms with Crippen molar-refractivity contribution in [2.24, 2.45) is 11.8 Å². The Morgan fingerprint density at radius 1 is 0.941 bits per heavy atom. The second-order valence-corrected chi connectivity index (χ2v) is 5.86. The summed E-state index contributed by atoms with van der Waals surface area (Å²) in [5.74, 6) is 1.38. The summed E-state index contributed by atoms with van der Waals surface area (Å²) in [5.41, 5.74) is 0. The van der Waals surface area contributed by atoms with Crippen molar-refractivity contribution in [2.75, 3.05) is 39.3 Å². The van der Waals surface area contributed by atoms with Crippen LogP contribution in [0.5, 0.6) is 0 Å². The molecule has 96 valence electrons. The number of urea groups is 1. The van der Waals surface area contributed by atoms with E-state index in [9.17, 15) is 4.79 Å². The third kappa shape index (κ3) is 2.41. The number of hydrogen-bond donors (Lipinski definition) is 1. The average molecular weight is 237 g/mol. The van der Waals surface area contributed by atoms with E-state index in [-0.39, 0.29) is 0 Å². The van der Waals surface area contributed by atoms with Gasteiger partial charge in [-0.3, -0.25) is 0 Å². The van der Waals surface area contributed by atoms with Gasteiger partial charge in [-0.15, -0.1) is 0 Å². The quantitative estimate of drug-likeness (QED) is 0.685. The molecule has 3 rings (SSSR count). The van der Waals surface area contributed by atoms with E-state index in [1.165, 1.54) is 25.7 Å². The van der Waals surface area contributed by atoms with Crippen molar-refractivity contribution >= 4 is 6.03 Å². The standard InChI is InChI=1S/C13H23N3O/c17-13(15-4-2-1-3-5-15)16-9-11-6-12(10-16)8-14-7-11/h11-12,14H,1-10H2. The Morgan fingerprint density at radius 2 is 1.59 bits per heavy atom. The topological polar surface area (TPSA) is 35.6 Å². The molecule has 3 aliphatic rings. The minimum atomic E-state index is 0.307. The number of likely N-dealkylation sites (tertiary alicyclic amines) is 2. The molecule has 3 heterocycles. The van der Waals surface area contributed by atoms with Crippen molar-refractivity contribution in [3.8, 4) is 0 Å². The molecule has 3 aliphatic heterocycles. The molecule has 3 saturated heterocycles. The van der Waals surface area contributed by atoms with Gasteiger partial charge in [0.15, 0.2) is 0 Å². The Bertz CT molecular complexity index is 276. The maximum absolute atomic E-state index is 12.4. The molecular weight excluding hydrogens is 214 g/mol. The maximum Gasteiger partial charge on any atom is 0.320 e. The van der Waals surface area contributed by atoms with E-state index in [4.69, 9.17) is 0 Å². The zero-order chi connectivity index (χ0) is 11.7. The predicted octanol–water partition coefficient (Wildman–Crippen LogP) is 1.13. The Balaban J connectivity index is 1.61. The van der Waals surface area contributed by atoms with Gasteiger partial charge >= 0.3 is 6.03 Å². The lowest BCUT2D eigenvalue weighted by Crippen LogP contribution is -2.56. The largest absolute Gasteiger partial charge is 0.325 e. The molecule has 2 unspecified atom stereocenters. The SMILES string of the molecule is O=C(N1CCCCC1)N1CC2CNCC(C2)C1. The smallest absolute Gasteiger partial charge is 0.320 e. The van der Waals surface area contributed by atoms with E-state index in [1.807, 2.05) is 0 Å². The molecule has 0 aromatic rings. The molecule has 0 aromatic heterocycles. The fourth-order valence-corrected chi connectivity index (χ4v) is 3.55. The molecule has 17 heavy (non-hydrogen) atoms. The number of nitrogens with one attached hydrogen (secondary N) is 1. The number of carbonyl (C=O) groups excluding carboxylic acids is 1. The average Bonchev–Trinajstić information content (AvgIpc) is 2.38. The van der Waals surface area contributed by atoms with Crippen LogP contribution >= 0.6 is 0 Å². The third-order valence-corrected chi connectivity index (χ3v) is 4.39. The summed E-state index contributed by atoms with van der Waals surface area (Å²) in [4.78, 5) is 16.6. The van der Waals surface area contributed by atoms with Crippen LogP contribution in [0.3, 0.4) is 0 Å².